The summed E-state index contributed by atoms with van der Waals surface area (Å²) in [6.45, 7) is 4.00. The molecule has 0 amide bonds. The van der Waals surface area contributed by atoms with E-state index in [1.54, 1.807) is 11.9 Å². The quantitative estimate of drug-likeness (QED) is 0.609. The second-order valence-electron chi connectivity index (χ2n) is 2.11. The normalized spacial score (nSPS) is 12.2. The average Bonchev–Trinajstić information content (AvgIpc) is 2.21. The van der Waals surface area contributed by atoms with Crippen molar-refractivity contribution in [1.29, 1.82) is 0 Å². The van der Waals surface area contributed by atoms with Crippen molar-refractivity contribution in [3.05, 3.63) is 35.2 Å². The Hall–Kier alpha value is -0.890. The van der Waals surface area contributed by atoms with Gasteiger partial charge in [0.2, 0.25) is 0 Å². The molecule has 1 N–H and O–H groups in total. The fourth-order valence-electron chi connectivity index (χ4n) is 0.940. The molecule has 0 aromatic heterocycles. The van der Waals surface area contributed by atoms with Crippen LogP contribution in [0.4, 0.5) is 5.69 Å². The maximum absolute atomic E-state index is 3.19. The van der Waals surface area contributed by atoms with E-state index in [1.807, 2.05) is 31.4 Å². The molecule has 0 saturated heterocycles. The molecular weight excluding hydrogens is 166 g/mol. The lowest BCUT2D eigenvalue weighted by Crippen LogP contribution is -1.90. The first-order chi connectivity index (χ1) is 5.97. The minimum absolute atomic E-state index is 1.20. The Kier molecular flexibility index (Phi) is 3.74. The van der Waals surface area contributed by atoms with Gasteiger partial charge in [0.15, 0.2) is 0 Å². The van der Waals surface area contributed by atoms with Gasteiger partial charge in [-0.2, -0.15) is 0 Å². The molecule has 2 heteroatoms. The molecule has 0 aliphatic carbocycles. The van der Waals surface area contributed by atoms with Crippen LogP contribution in [0.15, 0.2) is 29.7 Å². The van der Waals surface area contributed by atoms with Crippen molar-refractivity contribution in [2.24, 2.45) is 0 Å². The van der Waals surface area contributed by atoms with E-state index in [1.165, 1.54) is 11.3 Å². The van der Waals surface area contributed by atoms with Gasteiger partial charge in [-0.25, -0.2) is 0 Å². The third-order valence-electron chi connectivity index (χ3n) is 1.45. The lowest BCUT2D eigenvalue weighted by atomic mass is 10.2. The van der Waals surface area contributed by atoms with Crippen LogP contribution in [0.2, 0.25) is 0 Å². The van der Waals surface area contributed by atoms with Crippen LogP contribution >= 0.6 is 11.9 Å². The van der Waals surface area contributed by atoms with E-state index < -0.39 is 0 Å². The first-order valence-electron chi connectivity index (χ1n) is 4.14. The summed E-state index contributed by atoms with van der Waals surface area (Å²) in [5, 5.41) is 2.04. The Morgan fingerprint density at radius 2 is 1.92 bits per heavy atom. The van der Waals surface area contributed by atoms with E-state index in [0.717, 1.165) is 0 Å². The standard InChI is InChI=1S/C8H7NS.C2H6/c1-2-4-8-7(3-1)5-6-10-9-8;1-2/h1-6,9H;1-2H3. The molecule has 0 radical (unpaired) electrons. The topological polar surface area (TPSA) is 12.0 Å². The van der Waals surface area contributed by atoms with Gasteiger partial charge in [0, 0.05) is 0 Å². The van der Waals surface area contributed by atoms with Crippen LogP contribution in [0, 0.1) is 0 Å². The van der Waals surface area contributed by atoms with Crippen molar-refractivity contribution < 1.29 is 0 Å². The van der Waals surface area contributed by atoms with Crippen LogP contribution in [0.25, 0.3) is 6.08 Å². The van der Waals surface area contributed by atoms with Gasteiger partial charge in [-0.3, -0.25) is 0 Å². The number of anilines is 1. The SMILES string of the molecule is C1=Cc2ccccc2NS1.CC. The van der Waals surface area contributed by atoms with Crippen LogP contribution in [0.1, 0.15) is 19.4 Å². The van der Waals surface area contributed by atoms with E-state index in [-0.39, 0.29) is 0 Å². The van der Waals surface area contributed by atoms with Gasteiger partial charge in [-0.15, -0.1) is 0 Å². The van der Waals surface area contributed by atoms with E-state index >= 15 is 0 Å². The van der Waals surface area contributed by atoms with E-state index in [4.69, 9.17) is 0 Å². The van der Waals surface area contributed by atoms with Gasteiger partial charge in [-0.05, 0) is 35.1 Å². The predicted octanol–water partition coefficient (Wildman–Crippen LogP) is 3.76. The summed E-state index contributed by atoms with van der Waals surface area (Å²) < 4.78 is 3.19. The second kappa shape index (κ2) is 4.88. The molecule has 0 unspecified atom stereocenters. The van der Waals surface area contributed by atoms with Gasteiger partial charge in [0.1, 0.15) is 0 Å². The van der Waals surface area contributed by atoms with Crippen molar-refractivity contribution >= 4 is 23.7 Å². The van der Waals surface area contributed by atoms with Crippen molar-refractivity contribution in [1.82, 2.24) is 0 Å². The maximum atomic E-state index is 3.19. The van der Waals surface area contributed by atoms with Gasteiger partial charge < -0.3 is 4.72 Å². The highest BCUT2D eigenvalue weighted by atomic mass is 32.2. The minimum atomic E-state index is 1.20. The monoisotopic (exact) mass is 179 g/mol. The molecule has 64 valence electrons. The van der Waals surface area contributed by atoms with Crippen molar-refractivity contribution in [3.63, 3.8) is 0 Å². The summed E-state index contributed by atoms with van der Waals surface area (Å²) in [6, 6.07) is 8.25. The van der Waals surface area contributed by atoms with E-state index in [2.05, 4.69) is 22.9 Å². The summed E-state index contributed by atoms with van der Waals surface area (Å²) in [6.07, 6.45) is 2.11. The predicted molar refractivity (Wildman–Crippen MR) is 58.0 cm³/mol. The highest BCUT2D eigenvalue weighted by molar-refractivity contribution is 8.03. The fourth-order valence-corrected chi connectivity index (χ4v) is 1.54. The van der Waals surface area contributed by atoms with Gasteiger partial charge >= 0.3 is 0 Å². The summed E-state index contributed by atoms with van der Waals surface area (Å²) >= 11 is 1.61. The molecular formula is C10H13NS. The molecule has 1 aromatic carbocycles. The molecule has 2 rings (SSSR count). The zero-order valence-corrected chi connectivity index (χ0v) is 8.19. The van der Waals surface area contributed by atoms with Crippen molar-refractivity contribution in [3.8, 4) is 0 Å². The minimum Gasteiger partial charge on any atom is -0.326 e. The summed E-state index contributed by atoms with van der Waals surface area (Å²) in [5.74, 6) is 0. The third kappa shape index (κ3) is 2.05. The molecule has 1 heterocycles. The van der Waals surface area contributed by atoms with Crippen LogP contribution < -0.4 is 4.72 Å². The average molecular weight is 179 g/mol. The number of rotatable bonds is 0. The number of benzene rings is 1. The highest BCUT2D eigenvalue weighted by Crippen LogP contribution is 2.25. The Morgan fingerprint density at radius 3 is 2.67 bits per heavy atom. The summed E-state index contributed by atoms with van der Waals surface area (Å²) in [7, 11) is 0. The number of para-hydroxylation sites is 1. The Morgan fingerprint density at radius 1 is 1.17 bits per heavy atom. The number of fused-ring (bicyclic) bond motifs is 1. The lowest BCUT2D eigenvalue weighted by molar-refractivity contribution is 1.50. The molecule has 0 fully saturated rings. The highest BCUT2D eigenvalue weighted by Gasteiger charge is 1.99. The lowest BCUT2D eigenvalue weighted by Gasteiger charge is -2.09. The first kappa shape index (κ1) is 9.20. The van der Waals surface area contributed by atoms with Gasteiger partial charge in [0.05, 0.1) is 5.69 Å². The largest absolute Gasteiger partial charge is 0.326 e. The summed E-state index contributed by atoms with van der Waals surface area (Å²) in [5.41, 5.74) is 2.47. The third-order valence-corrected chi connectivity index (χ3v) is 2.06. The number of hydrogen-bond acceptors (Lipinski definition) is 2. The Balaban J connectivity index is 0.000000336. The zero-order valence-electron chi connectivity index (χ0n) is 7.37. The van der Waals surface area contributed by atoms with E-state index in [9.17, 15) is 0 Å². The van der Waals surface area contributed by atoms with Crippen molar-refractivity contribution in [2.75, 3.05) is 4.72 Å². The number of hydrogen-bond donors (Lipinski definition) is 1. The zero-order chi connectivity index (χ0) is 8.81. The van der Waals surface area contributed by atoms with Gasteiger partial charge in [-0.1, -0.05) is 32.0 Å². The molecule has 1 aliphatic rings. The molecule has 0 saturated carbocycles. The molecule has 1 aromatic rings. The molecule has 0 atom stereocenters. The van der Waals surface area contributed by atoms with Crippen molar-refractivity contribution in [2.45, 2.75) is 13.8 Å². The molecule has 1 aliphatic heterocycles. The molecule has 1 nitrogen and oxygen atoms in total. The van der Waals surface area contributed by atoms with Crippen LogP contribution in [0.3, 0.4) is 0 Å². The number of nitrogens with one attached hydrogen (secondary N) is 1. The second-order valence-corrected chi connectivity index (χ2v) is 2.82. The Bertz CT molecular complexity index is 268. The Labute approximate surface area is 78.0 Å². The smallest absolute Gasteiger partial charge is 0.0516 e. The van der Waals surface area contributed by atoms with Crippen LogP contribution in [0.5, 0.6) is 0 Å². The van der Waals surface area contributed by atoms with Crippen LogP contribution in [-0.4, -0.2) is 0 Å². The first-order valence-corrected chi connectivity index (χ1v) is 5.02. The van der Waals surface area contributed by atoms with Gasteiger partial charge in [0.25, 0.3) is 0 Å². The molecule has 12 heavy (non-hydrogen) atoms. The molecule has 0 spiro atoms. The fraction of sp³-hybridized carbons (Fsp3) is 0.200. The summed E-state index contributed by atoms with van der Waals surface area (Å²) in [4.78, 5) is 0. The maximum Gasteiger partial charge on any atom is 0.0516 e. The van der Waals surface area contributed by atoms with E-state index in [0.29, 0.717) is 0 Å². The van der Waals surface area contributed by atoms with Crippen LogP contribution in [-0.2, 0) is 0 Å². The molecule has 0 bridgehead atoms.